The Labute approximate surface area is 156 Å². The zero-order valence-corrected chi connectivity index (χ0v) is 15.2. The van der Waals surface area contributed by atoms with Gasteiger partial charge in [-0.05, 0) is 24.1 Å². The highest BCUT2D eigenvalue weighted by molar-refractivity contribution is 7.89. The molecule has 1 fully saturated rings. The van der Waals surface area contributed by atoms with E-state index in [0.29, 0.717) is 35.3 Å². The molecule has 2 aromatic carbocycles. The standard InChI is InChI=1S/C19H17FN4O2S/c20-17-10-13(6-7-15(17)14-11-22-19(21)23-12-14)16-4-1-2-5-18(16)27(25,26)24-8-3-9-24/h1-2,4-7,10-12H,3,8-9H2,(H2,21,22,23). The number of anilines is 1. The zero-order valence-electron chi connectivity index (χ0n) is 14.3. The second-order valence-corrected chi connectivity index (χ2v) is 8.18. The van der Waals surface area contributed by atoms with Gasteiger partial charge in [0.15, 0.2) is 0 Å². The first-order valence-electron chi connectivity index (χ1n) is 8.44. The third kappa shape index (κ3) is 3.17. The summed E-state index contributed by atoms with van der Waals surface area (Å²) in [6.45, 7) is 1.03. The van der Waals surface area contributed by atoms with Crippen LogP contribution in [0.5, 0.6) is 0 Å². The maximum absolute atomic E-state index is 14.7. The first-order valence-corrected chi connectivity index (χ1v) is 9.88. The third-order valence-electron chi connectivity index (χ3n) is 4.58. The van der Waals surface area contributed by atoms with Gasteiger partial charge in [0.25, 0.3) is 0 Å². The van der Waals surface area contributed by atoms with Crippen LogP contribution in [0.1, 0.15) is 6.42 Å². The highest BCUT2D eigenvalue weighted by atomic mass is 32.2. The van der Waals surface area contributed by atoms with Gasteiger partial charge in [0.05, 0.1) is 4.90 Å². The fourth-order valence-electron chi connectivity index (χ4n) is 2.99. The maximum Gasteiger partial charge on any atom is 0.243 e. The normalized spacial score (nSPS) is 14.7. The van der Waals surface area contributed by atoms with Crippen molar-refractivity contribution in [3.05, 3.63) is 60.7 Å². The molecule has 0 atom stereocenters. The van der Waals surface area contributed by atoms with Gasteiger partial charge in [-0.15, -0.1) is 0 Å². The molecule has 0 saturated carbocycles. The van der Waals surface area contributed by atoms with Gasteiger partial charge in [-0.25, -0.2) is 22.8 Å². The SMILES string of the molecule is Nc1ncc(-c2ccc(-c3ccccc3S(=O)(=O)N3CCC3)cc2F)cn1. The van der Waals surface area contributed by atoms with E-state index in [1.807, 2.05) is 0 Å². The van der Waals surface area contributed by atoms with E-state index in [9.17, 15) is 12.8 Å². The van der Waals surface area contributed by atoms with Crippen LogP contribution in [0.4, 0.5) is 10.3 Å². The fourth-order valence-corrected chi connectivity index (χ4v) is 4.72. The van der Waals surface area contributed by atoms with Gasteiger partial charge < -0.3 is 5.73 Å². The summed E-state index contributed by atoms with van der Waals surface area (Å²) in [6, 6.07) is 11.3. The van der Waals surface area contributed by atoms with Crippen molar-refractivity contribution >= 4 is 16.0 Å². The largest absolute Gasteiger partial charge is 0.368 e. The third-order valence-corrected chi connectivity index (χ3v) is 6.54. The lowest BCUT2D eigenvalue weighted by molar-refractivity contribution is 0.309. The molecule has 3 aromatic rings. The lowest BCUT2D eigenvalue weighted by atomic mass is 10.0. The van der Waals surface area contributed by atoms with Crippen LogP contribution in [0.3, 0.4) is 0 Å². The molecular formula is C19H17FN4O2S. The minimum atomic E-state index is -3.58. The number of hydrogen-bond donors (Lipinski definition) is 1. The van der Waals surface area contributed by atoms with E-state index in [0.717, 1.165) is 6.42 Å². The van der Waals surface area contributed by atoms with Crippen molar-refractivity contribution in [2.45, 2.75) is 11.3 Å². The van der Waals surface area contributed by atoms with Crippen molar-refractivity contribution in [3.63, 3.8) is 0 Å². The minimum absolute atomic E-state index is 0.112. The Bertz CT molecular complexity index is 1100. The number of halogens is 1. The van der Waals surface area contributed by atoms with Crippen LogP contribution < -0.4 is 5.73 Å². The quantitative estimate of drug-likeness (QED) is 0.747. The predicted octanol–water partition coefficient (Wildman–Crippen LogP) is 2.93. The summed E-state index contributed by atoms with van der Waals surface area (Å²) in [5, 5.41) is 0. The summed E-state index contributed by atoms with van der Waals surface area (Å²) >= 11 is 0. The highest BCUT2D eigenvalue weighted by Gasteiger charge is 2.31. The smallest absolute Gasteiger partial charge is 0.243 e. The molecule has 1 aliphatic rings. The number of nitrogens with two attached hydrogens (primary N) is 1. The molecule has 0 unspecified atom stereocenters. The average molecular weight is 384 g/mol. The van der Waals surface area contributed by atoms with Crippen molar-refractivity contribution in [2.24, 2.45) is 0 Å². The number of sulfonamides is 1. The number of rotatable bonds is 4. The highest BCUT2D eigenvalue weighted by Crippen LogP contribution is 2.33. The molecule has 27 heavy (non-hydrogen) atoms. The Morgan fingerprint density at radius 1 is 0.963 bits per heavy atom. The van der Waals surface area contributed by atoms with Gasteiger partial charge in [-0.2, -0.15) is 4.31 Å². The lowest BCUT2D eigenvalue weighted by Crippen LogP contribution is -2.42. The molecule has 1 aliphatic heterocycles. The number of nitrogens with zero attached hydrogens (tertiary/aromatic N) is 3. The molecule has 1 saturated heterocycles. The minimum Gasteiger partial charge on any atom is -0.368 e. The van der Waals surface area contributed by atoms with Crippen molar-refractivity contribution in [3.8, 4) is 22.3 Å². The molecule has 4 rings (SSSR count). The van der Waals surface area contributed by atoms with Gasteiger partial charge in [0, 0.05) is 42.2 Å². The van der Waals surface area contributed by atoms with E-state index in [2.05, 4.69) is 9.97 Å². The molecule has 1 aromatic heterocycles. The van der Waals surface area contributed by atoms with E-state index in [1.165, 1.54) is 22.8 Å². The number of nitrogen functional groups attached to an aromatic ring is 1. The van der Waals surface area contributed by atoms with Crippen LogP contribution in [-0.4, -0.2) is 35.8 Å². The molecule has 6 nitrogen and oxygen atoms in total. The summed E-state index contributed by atoms with van der Waals surface area (Å²) in [5.74, 6) is -0.377. The van der Waals surface area contributed by atoms with E-state index in [1.54, 1.807) is 36.4 Å². The van der Waals surface area contributed by atoms with Crippen LogP contribution in [0.2, 0.25) is 0 Å². The monoisotopic (exact) mass is 384 g/mol. The first kappa shape index (κ1) is 17.6. The van der Waals surface area contributed by atoms with Crippen LogP contribution in [0.25, 0.3) is 22.3 Å². The maximum atomic E-state index is 14.7. The molecule has 138 valence electrons. The predicted molar refractivity (Wildman–Crippen MR) is 101 cm³/mol. The zero-order chi connectivity index (χ0) is 19.0. The Balaban J connectivity index is 1.77. The molecule has 0 amide bonds. The van der Waals surface area contributed by atoms with Crippen LogP contribution in [0.15, 0.2) is 59.8 Å². The summed E-state index contributed by atoms with van der Waals surface area (Å²) < 4.78 is 41.8. The molecule has 0 aliphatic carbocycles. The molecule has 0 spiro atoms. The number of hydrogen-bond acceptors (Lipinski definition) is 5. The summed E-state index contributed by atoms with van der Waals surface area (Å²) in [4.78, 5) is 7.94. The average Bonchev–Trinajstić information content (AvgIpc) is 2.61. The molecule has 2 N–H and O–H groups in total. The Hall–Kier alpha value is -2.84. The van der Waals surface area contributed by atoms with Gasteiger partial charge >= 0.3 is 0 Å². The van der Waals surface area contributed by atoms with Crippen LogP contribution in [0, 0.1) is 5.82 Å². The molecule has 8 heteroatoms. The van der Waals surface area contributed by atoms with Gasteiger partial charge in [0.1, 0.15) is 5.82 Å². The van der Waals surface area contributed by atoms with Crippen molar-refractivity contribution in [2.75, 3.05) is 18.8 Å². The lowest BCUT2D eigenvalue weighted by Gasteiger charge is -2.30. The fraction of sp³-hybridized carbons (Fsp3) is 0.158. The van der Waals surface area contributed by atoms with Gasteiger partial charge in [0.2, 0.25) is 16.0 Å². The Kier molecular flexibility index (Phi) is 4.37. The molecular weight excluding hydrogens is 367 g/mol. The van der Waals surface area contributed by atoms with E-state index in [4.69, 9.17) is 5.73 Å². The first-order chi connectivity index (χ1) is 13.0. The molecule has 0 radical (unpaired) electrons. The van der Waals surface area contributed by atoms with Crippen LogP contribution in [-0.2, 0) is 10.0 Å². The van der Waals surface area contributed by atoms with Crippen molar-refractivity contribution in [1.82, 2.24) is 14.3 Å². The topological polar surface area (TPSA) is 89.2 Å². The Morgan fingerprint density at radius 3 is 2.30 bits per heavy atom. The van der Waals surface area contributed by atoms with E-state index in [-0.39, 0.29) is 10.8 Å². The Morgan fingerprint density at radius 2 is 1.67 bits per heavy atom. The summed E-state index contributed by atoms with van der Waals surface area (Å²) in [5.41, 5.74) is 7.25. The van der Waals surface area contributed by atoms with E-state index >= 15 is 0 Å². The number of aromatic nitrogens is 2. The van der Waals surface area contributed by atoms with E-state index < -0.39 is 15.8 Å². The molecule has 2 heterocycles. The second kappa shape index (κ2) is 6.71. The van der Waals surface area contributed by atoms with Crippen molar-refractivity contribution < 1.29 is 12.8 Å². The van der Waals surface area contributed by atoms with Gasteiger partial charge in [-0.3, -0.25) is 0 Å². The number of benzene rings is 2. The summed E-state index contributed by atoms with van der Waals surface area (Å²) in [7, 11) is -3.58. The van der Waals surface area contributed by atoms with Gasteiger partial charge in [-0.1, -0.05) is 30.3 Å². The van der Waals surface area contributed by atoms with Crippen molar-refractivity contribution in [1.29, 1.82) is 0 Å². The second-order valence-electron chi connectivity index (χ2n) is 6.28. The van der Waals surface area contributed by atoms with Crippen LogP contribution >= 0.6 is 0 Å². The summed E-state index contributed by atoms with van der Waals surface area (Å²) in [6.07, 6.45) is 3.75. The molecule has 0 bridgehead atoms.